The Morgan fingerprint density at radius 3 is 1.84 bits per heavy atom. The van der Waals surface area contributed by atoms with Crippen LogP contribution in [-0.2, 0) is 18.3 Å². The molecule has 0 bridgehead atoms. The SMILES string of the molecule is C1=CCCC(n2c3ccc(-c4ccc(-c5ccc(N(c6ccccc6)c6ccc7c(c6)C6(Cc8ccccc8C6)c6ccccc6-7)cc5)cc4)cc3c3c4ccccc4ccc32)=C1. The number of para-hydroxylation sites is 1. The third kappa shape index (κ3) is 5.64. The summed E-state index contributed by atoms with van der Waals surface area (Å²) >= 11 is 0. The van der Waals surface area contributed by atoms with Crippen molar-refractivity contribution in [1.82, 2.24) is 4.57 Å². The Morgan fingerprint density at radius 1 is 0.444 bits per heavy atom. The Bertz CT molecular complexity index is 3470. The molecule has 10 aromatic rings. The van der Waals surface area contributed by atoms with Crippen molar-refractivity contribution in [2.24, 2.45) is 0 Å². The molecule has 2 heteroatoms. The molecule has 1 heterocycles. The van der Waals surface area contributed by atoms with E-state index >= 15 is 0 Å². The summed E-state index contributed by atoms with van der Waals surface area (Å²) in [6.45, 7) is 0. The zero-order valence-corrected chi connectivity index (χ0v) is 35.0. The molecular formula is C61H44N2. The van der Waals surface area contributed by atoms with Gasteiger partial charge in [0, 0.05) is 38.9 Å². The summed E-state index contributed by atoms with van der Waals surface area (Å²) in [7, 11) is 0. The van der Waals surface area contributed by atoms with Gasteiger partial charge in [0.15, 0.2) is 0 Å². The van der Waals surface area contributed by atoms with E-state index in [2.05, 4.69) is 228 Å². The molecule has 1 aromatic heterocycles. The van der Waals surface area contributed by atoms with Gasteiger partial charge in [-0.2, -0.15) is 0 Å². The molecular weight excluding hydrogens is 761 g/mol. The summed E-state index contributed by atoms with van der Waals surface area (Å²) in [6, 6.07) is 74.8. The minimum absolute atomic E-state index is 0.0619. The predicted octanol–water partition coefficient (Wildman–Crippen LogP) is 16.0. The van der Waals surface area contributed by atoms with Crippen molar-refractivity contribution < 1.29 is 0 Å². The van der Waals surface area contributed by atoms with E-state index in [9.17, 15) is 0 Å². The highest BCUT2D eigenvalue weighted by molar-refractivity contribution is 6.22. The fourth-order valence-electron chi connectivity index (χ4n) is 11.3. The number of anilines is 3. The molecule has 0 saturated heterocycles. The topological polar surface area (TPSA) is 8.17 Å². The van der Waals surface area contributed by atoms with Crippen LogP contribution in [0.5, 0.6) is 0 Å². The van der Waals surface area contributed by atoms with Crippen molar-refractivity contribution in [2.45, 2.75) is 31.1 Å². The lowest BCUT2D eigenvalue weighted by atomic mass is 9.75. The first-order chi connectivity index (χ1) is 31.2. The molecule has 0 fully saturated rings. The molecule has 0 atom stereocenters. The Balaban J connectivity index is 0.851. The van der Waals surface area contributed by atoms with Crippen LogP contribution in [0.25, 0.3) is 71.7 Å². The van der Waals surface area contributed by atoms with Crippen LogP contribution >= 0.6 is 0 Å². The van der Waals surface area contributed by atoms with Gasteiger partial charge in [-0.05, 0) is 153 Å². The zero-order valence-electron chi connectivity index (χ0n) is 35.0. The van der Waals surface area contributed by atoms with E-state index in [4.69, 9.17) is 0 Å². The van der Waals surface area contributed by atoms with Crippen molar-refractivity contribution in [2.75, 3.05) is 4.90 Å². The second kappa shape index (κ2) is 14.2. The summed E-state index contributed by atoms with van der Waals surface area (Å²) < 4.78 is 2.49. The van der Waals surface area contributed by atoms with E-state index in [1.54, 1.807) is 0 Å². The second-order valence-corrected chi connectivity index (χ2v) is 17.6. The number of aromatic nitrogens is 1. The monoisotopic (exact) mass is 804 g/mol. The van der Waals surface area contributed by atoms with Gasteiger partial charge in [-0.15, -0.1) is 0 Å². The largest absolute Gasteiger partial charge is 0.313 e. The van der Waals surface area contributed by atoms with Crippen molar-refractivity contribution >= 4 is 55.3 Å². The molecule has 0 radical (unpaired) electrons. The Labute approximate surface area is 368 Å². The summed E-state index contributed by atoms with van der Waals surface area (Å²) in [5, 5.41) is 5.21. The van der Waals surface area contributed by atoms with Crippen LogP contribution < -0.4 is 4.90 Å². The molecule has 0 N–H and O–H groups in total. The second-order valence-electron chi connectivity index (χ2n) is 17.6. The molecule has 1 spiro atoms. The van der Waals surface area contributed by atoms with E-state index in [1.807, 2.05) is 0 Å². The van der Waals surface area contributed by atoms with Crippen LogP contribution in [0, 0.1) is 0 Å². The Morgan fingerprint density at radius 2 is 1.06 bits per heavy atom. The standard InChI is InChI=1S/C61H44N2/c1-3-16-48(17-4-1)62(51-33-34-54-53-21-11-12-22-56(53)61(57(54)38-51)39-46-14-7-8-15-47(46)40-61)50-31-27-42(28-32-50)41-23-25-43(26-24-41)45-30-35-58-55(37-45)60-52-20-10-9-13-44(52)29-36-59(60)63(58)49-18-5-2-6-19-49/h1-5,7-18,20-38H,6,19,39-40H2. The van der Waals surface area contributed by atoms with E-state index in [1.165, 1.54) is 99.6 Å². The van der Waals surface area contributed by atoms with Gasteiger partial charge >= 0.3 is 0 Å². The number of nitrogens with zero attached hydrogens (tertiary/aromatic N) is 2. The molecule has 298 valence electrons. The van der Waals surface area contributed by atoms with E-state index < -0.39 is 0 Å². The first-order valence-corrected chi connectivity index (χ1v) is 22.4. The van der Waals surface area contributed by atoms with Crippen LogP contribution in [0.4, 0.5) is 17.1 Å². The maximum Gasteiger partial charge on any atom is 0.0544 e. The van der Waals surface area contributed by atoms with Crippen LogP contribution in [-0.4, -0.2) is 4.57 Å². The summed E-state index contributed by atoms with van der Waals surface area (Å²) in [5.74, 6) is 0. The molecule has 0 unspecified atom stereocenters. The van der Waals surface area contributed by atoms with E-state index in [0.29, 0.717) is 0 Å². The minimum Gasteiger partial charge on any atom is -0.313 e. The average molecular weight is 805 g/mol. The van der Waals surface area contributed by atoms with Gasteiger partial charge in [-0.1, -0.05) is 158 Å². The number of rotatable bonds is 6. The van der Waals surface area contributed by atoms with Crippen molar-refractivity contribution in [3.63, 3.8) is 0 Å². The van der Waals surface area contributed by atoms with Gasteiger partial charge in [0.05, 0.1) is 11.0 Å². The lowest BCUT2D eigenvalue weighted by Gasteiger charge is -2.30. The van der Waals surface area contributed by atoms with Gasteiger partial charge < -0.3 is 9.47 Å². The molecule has 9 aromatic carbocycles. The first kappa shape index (κ1) is 36.0. The molecule has 2 nitrogen and oxygen atoms in total. The average Bonchev–Trinajstić information content (AvgIpc) is 4.00. The quantitative estimate of drug-likeness (QED) is 0.163. The van der Waals surface area contributed by atoms with Crippen LogP contribution in [0.15, 0.2) is 218 Å². The fourth-order valence-corrected chi connectivity index (χ4v) is 11.3. The molecule has 13 rings (SSSR count). The zero-order chi connectivity index (χ0) is 41.5. The van der Waals surface area contributed by atoms with Crippen molar-refractivity contribution in [1.29, 1.82) is 0 Å². The number of benzene rings is 9. The highest BCUT2D eigenvalue weighted by Gasteiger charge is 2.47. The molecule has 63 heavy (non-hydrogen) atoms. The molecule has 0 saturated carbocycles. The number of allylic oxidation sites excluding steroid dienone is 4. The highest BCUT2D eigenvalue weighted by Crippen LogP contribution is 2.56. The van der Waals surface area contributed by atoms with Crippen molar-refractivity contribution in [3.05, 3.63) is 241 Å². The molecule has 3 aliphatic carbocycles. The Kier molecular flexibility index (Phi) is 8.11. The van der Waals surface area contributed by atoms with E-state index in [0.717, 1.165) is 37.1 Å². The normalized spacial score (nSPS) is 14.6. The van der Waals surface area contributed by atoms with Crippen LogP contribution in [0.1, 0.15) is 35.1 Å². The van der Waals surface area contributed by atoms with Gasteiger partial charge in [0.1, 0.15) is 0 Å². The smallest absolute Gasteiger partial charge is 0.0544 e. The molecule has 0 aliphatic heterocycles. The number of hydrogen-bond donors (Lipinski definition) is 0. The lowest BCUT2D eigenvalue weighted by Crippen LogP contribution is -2.26. The third-order valence-corrected chi connectivity index (χ3v) is 14.2. The maximum atomic E-state index is 2.49. The van der Waals surface area contributed by atoms with Gasteiger partial charge in [-0.25, -0.2) is 0 Å². The van der Waals surface area contributed by atoms with Gasteiger partial charge in [0.25, 0.3) is 0 Å². The summed E-state index contributed by atoms with van der Waals surface area (Å²) in [4.78, 5) is 2.42. The molecule has 3 aliphatic rings. The minimum atomic E-state index is -0.0619. The Hall–Kier alpha value is -7.68. The van der Waals surface area contributed by atoms with E-state index in [-0.39, 0.29) is 5.41 Å². The van der Waals surface area contributed by atoms with Gasteiger partial charge in [-0.3, -0.25) is 0 Å². The summed E-state index contributed by atoms with van der Waals surface area (Å²) in [6.07, 6.45) is 10.9. The first-order valence-electron chi connectivity index (χ1n) is 22.4. The maximum absolute atomic E-state index is 2.49. The number of fused-ring (bicyclic) bond motifs is 11. The predicted molar refractivity (Wildman–Crippen MR) is 265 cm³/mol. The lowest BCUT2D eigenvalue weighted by molar-refractivity contribution is 0.563. The molecule has 0 amide bonds. The van der Waals surface area contributed by atoms with Crippen LogP contribution in [0.3, 0.4) is 0 Å². The number of hydrogen-bond acceptors (Lipinski definition) is 1. The summed E-state index contributed by atoms with van der Waals surface area (Å²) in [5.41, 5.74) is 20.7. The fraction of sp³-hybridized carbons (Fsp3) is 0.0820. The van der Waals surface area contributed by atoms with Gasteiger partial charge in [0.2, 0.25) is 0 Å². The van der Waals surface area contributed by atoms with Crippen LogP contribution in [0.2, 0.25) is 0 Å². The third-order valence-electron chi connectivity index (χ3n) is 14.2. The highest BCUT2D eigenvalue weighted by atomic mass is 15.1. The van der Waals surface area contributed by atoms with Crippen molar-refractivity contribution in [3.8, 4) is 33.4 Å².